The Balaban J connectivity index is 2.15. The molecule has 0 spiro atoms. The fourth-order valence-corrected chi connectivity index (χ4v) is 2.47. The Morgan fingerprint density at radius 3 is 2.05 bits per heavy atom. The molecule has 1 aliphatic heterocycles. The lowest BCUT2D eigenvalue weighted by Gasteiger charge is -2.38. The van der Waals surface area contributed by atoms with Crippen molar-refractivity contribution in [1.82, 2.24) is 4.90 Å². The Kier molecular flexibility index (Phi) is 4.37. The lowest BCUT2D eigenvalue weighted by atomic mass is 10.1. The Morgan fingerprint density at radius 2 is 1.63 bits per heavy atom. The maximum atomic E-state index is 13.9. The zero-order chi connectivity index (χ0) is 14.0. The minimum absolute atomic E-state index is 0.0283. The molecule has 5 heteroatoms. The molecule has 0 atom stereocenters. The number of aliphatic hydroxyl groups excluding tert-OH is 1. The Labute approximate surface area is 112 Å². The van der Waals surface area contributed by atoms with Gasteiger partial charge in [0, 0.05) is 32.2 Å². The van der Waals surface area contributed by atoms with Crippen LogP contribution >= 0.6 is 0 Å². The smallest absolute Gasteiger partial charge is 0.149 e. The van der Waals surface area contributed by atoms with Gasteiger partial charge in [-0.1, -0.05) is 0 Å². The van der Waals surface area contributed by atoms with Gasteiger partial charge >= 0.3 is 0 Å². The number of hydrogen-bond donors (Lipinski definition) is 1. The number of piperazine rings is 1. The topological polar surface area (TPSA) is 26.7 Å². The minimum Gasteiger partial charge on any atom is -0.392 e. The highest BCUT2D eigenvalue weighted by Crippen LogP contribution is 2.26. The number of benzene rings is 1. The summed E-state index contributed by atoms with van der Waals surface area (Å²) in [5.74, 6) is -1.19. The van der Waals surface area contributed by atoms with Gasteiger partial charge in [-0.05, 0) is 31.5 Å². The fourth-order valence-electron chi connectivity index (χ4n) is 2.47. The van der Waals surface area contributed by atoms with Crippen LogP contribution < -0.4 is 4.90 Å². The van der Waals surface area contributed by atoms with Crippen LogP contribution in [0.25, 0.3) is 0 Å². The van der Waals surface area contributed by atoms with Crippen LogP contribution in [-0.2, 0) is 6.61 Å². The summed E-state index contributed by atoms with van der Waals surface area (Å²) < 4.78 is 27.9. The molecular formula is C14H20F2N2O. The molecular weight excluding hydrogens is 250 g/mol. The third kappa shape index (κ3) is 3.04. The maximum Gasteiger partial charge on any atom is 0.149 e. The van der Waals surface area contributed by atoms with Crippen LogP contribution in [0.15, 0.2) is 12.1 Å². The largest absolute Gasteiger partial charge is 0.392 e. The van der Waals surface area contributed by atoms with Crippen LogP contribution in [0.4, 0.5) is 14.5 Å². The molecule has 0 aliphatic carbocycles. The normalized spacial score (nSPS) is 17.3. The summed E-state index contributed by atoms with van der Waals surface area (Å²) in [4.78, 5) is 4.03. The first-order valence-corrected chi connectivity index (χ1v) is 6.60. The van der Waals surface area contributed by atoms with E-state index < -0.39 is 11.6 Å². The number of nitrogens with zero attached hydrogens (tertiary/aromatic N) is 2. The maximum absolute atomic E-state index is 13.9. The molecule has 0 aromatic heterocycles. The number of halogens is 2. The highest BCUT2D eigenvalue weighted by molar-refractivity contribution is 5.51. The van der Waals surface area contributed by atoms with E-state index in [1.807, 2.05) is 0 Å². The zero-order valence-corrected chi connectivity index (χ0v) is 11.4. The van der Waals surface area contributed by atoms with E-state index in [1.54, 1.807) is 4.90 Å². The standard InChI is InChI=1S/C14H20F2N2O/c1-10(2)17-3-5-18(6-4-17)14-12(15)7-11(9-19)8-13(14)16/h7-8,10,19H,3-6,9H2,1-2H3. The van der Waals surface area contributed by atoms with Crippen LogP contribution in [0.2, 0.25) is 0 Å². The van der Waals surface area contributed by atoms with Crippen molar-refractivity contribution < 1.29 is 13.9 Å². The van der Waals surface area contributed by atoms with Gasteiger partial charge in [0.2, 0.25) is 0 Å². The van der Waals surface area contributed by atoms with Crippen molar-refractivity contribution in [3.63, 3.8) is 0 Å². The predicted octanol–water partition coefficient (Wildman–Crippen LogP) is 1.99. The molecule has 1 aromatic carbocycles. The van der Waals surface area contributed by atoms with Crippen molar-refractivity contribution >= 4 is 5.69 Å². The van der Waals surface area contributed by atoms with Gasteiger partial charge in [0.1, 0.15) is 17.3 Å². The quantitative estimate of drug-likeness (QED) is 0.910. The molecule has 0 amide bonds. The molecule has 1 aromatic rings. The molecule has 1 saturated heterocycles. The number of rotatable bonds is 3. The van der Waals surface area contributed by atoms with E-state index in [0.717, 1.165) is 13.1 Å². The van der Waals surface area contributed by atoms with Crippen LogP contribution in [0.5, 0.6) is 0 Å². The van der Waals surface area contributed by atoms with E-state index in [2.05, 4.69) is 18.7 Å². The van der Waals surface area contributed by atoms with Gasteiger partial charge in [-0.2, -0.15) is 0 Å². The van der Waals surface area contributed by atoms with E-state index in [9.17, 15) is 8.78 Å². The molecule has 1 heterocycles. The van der Waals surface area contributed by atoms with E-state index in [0.29, 0.717) is 19.1 Å². The lowest BCUT2D eigenvalue weighted by molar-refractivity contribution is 0.208. The second kappa shape index (κ2) is 5.84. The zero-order valence-electron chi connectivity index (χ0n) is 11.4. The number of aliphatic hydroxyl groups is 1. The first kappa shape index (κ1) is 14.2. The molecule has 0 unspecified atom stereocenters. The first-order valence-electron chi connectivity index (χ1n) is 6.60. The van der Waals surface area contributed by atoms with Crippen LogP contribution in [-0.4, -0.2) is 42.2 Å². The van der Waals surface area contributed by atoms with Gasteiger partial charge in [0.05, 0.1) is 6.61 Å². The van der Waals surface area contributed by atoms with E-state index in [-0.39, 0.29) is 17.9 Å². The van der Waals surface area contributed by atoms with Gasteiger partial charge in [0.25, 0.3) is 0 Å². The summed E-state index contributed by atoms with van der Waals surface area (Å²) in [6, 6.07) is 2.86. The molecule has 0 bridgehead atoms. The molecule has 1 N–H and O–H groups in total. The van der Waals surface area contributed by atoms with Gasteiger partial charge in [0.15, 0.2) is 0 Å². The second-order valence-corrected chi connectivity index (χ2v) is 5.18. The van der Waals surface area contributed by atoms with Crippen molar-refractivity contribution in [3.8, 4) is 0 Å². The average Bonchev–Trinajstić information content (AvgIpc) is 2.38. The summed E-state index contributed by atoms with van der Waals surface area (Å²) in [6.45, 7) is 6.72. The summed E-state index contributed by atoms with van der Waals surface area (Å²) in [5.41, 5.74) is 0.292. The SMILES string of the molecule is CC(C)N1CCN(c2c(F)cc(CO)cc2F)CC1. The molecule has 106 valence electrons. The third-order valence-corrected chi connectivity index (χ3v) is 3.62. The molecule has 0 saturated carbocycles. The Morgan fingerprint density at radius 1 is 1.11 bits per heavy atom. The predicted molar refractivity (Wildman–Crippen MR) is 71.2 cm³/mol. The summed E-state index contributed by atoms with van der Waals surface area (Å²) in [7, 11) is 0. The Bertz CT molecular complexity index is 420. The van der Waals surface area contributed by atoms with Gasteiger partial charge in [-0.15, -0.1) is 0 Å². The second-order valence-electron chi connectivity index (χ2n) is 5.18. The third-order valence-electron chi connectivity index (χ3n) is 3.62. The Hall–Kier alpha value is -1.20. The molecule has 1 aliphatic rings. The molecule has 0 radical (unpaired) electrons. The van der Waals surface area contributed by atoms with Crippen molar-refractivity contribution in [2.24, 2.45) is 0 Å². The van der Waals surface area contributed by atoms with E-state index in [1.165, 1.54) is 12.1 Å². The minimum atomic E-state index is -0.595. The van der Waals surface area contributed by atoms with Crippen molar-refractivity contribution in [2.75, 3.05) is 31.1 Å². The van der Waals surface area contributed by atoms with Gasteiger partial charge in [-0.3, -0.25) is 4.90 Å². The van der Waals surface area contributed by atoms with E-state index >= 15 is 0 Å². The summed E-state index contributed by atoms with van der Waals surface area (Å²) in [5, 5.41) is 8.93. The summed E-state index contributed by atoms with van der Waals surface area (Å²) >= 11 is 0. The van der Waals surface area contributed by atoms with Crippen molar-refractivity contribution in [2.45, 2.75) is 26.5 Å². The first-order chi connectivity index (χ1) is 9.02. The number of anilines is 1. The molecule has 2 rings (SSSR count). The highest BCUT2D eigenvalue weighted by Gasteiger charge is 2.23. The fraction of sp³-hybridized carbons (Fsp3) is 0.571. The van der Waals surface area contributed by atoms with Gasteiger partial charge < -0.3 is 10.0 Å². The molecule has 1 fully saturated rings. The monoisotopic (exact) mass is 270 g/mol. The van der Waals surface area contributed by atoms with Crippen LogP contribution in [0.3, 0.4) is 0 Å². The summed E-state index contributed by atoms with van der Waals surface area (Å²) in [6.07, 6.45) is 0. The molecule has 3 nitrogen and oxygen atoms in total. The average molecular weight is 270 g/mol. The lowest BCUT2D eigenvalue weighted by Crippen LogP contribution is -2.49. The van der Waals surface area contributed by atoms with Crippen molar-refractivity contribution in [3.05, 3.63) is 29.3 Å². The van der Waals surface area contributed by atoms with Crippen molar-refractivity contribution in [1.29, 1.82) is 0 Å². The van der Waals surface area contributed by atoms with Gasteiger partial charge in [-0.25, -0.2) is 8.78 Å². The number of hydrogen-bond acceptors (Lipinski definition) is 3. The highest BCUT2D eigenvalue weighted by atomic mass is 19.1. The van der Waals surface area contributed by atoms with E-state index in [4.69, 9.17) is 5.11 Å². The molecule has 19 heavy (non-hydrogen) atoms. The van der Waals surface area contributed by atoms with Crippen LogP contribution in [0, 0.1) is 11.6 Å². The van der Waals surface area contributed by atoms with Crippen LogP contribution in [0.1, 0.15) is 19.4 Å².